The van der Waals surface area contributed by atoms with Gasteiger partial charge in [0.05, 0.1) is 18.6 Å². The maximum atomic E-state index is 12.4. The van der Waals surface area contributed by atoms with E-state index in [1.807, 2.05) is 0 Å². The summed E-state index contributed by atoms with van der Waals surface area (Å²) in [6.45, 7) is 0. The van der Waals surface area contributed by atoms with Crippen molar-refractivity contribution in [2.24, 2.45) is 5.92 Å². The van der Waals surface area contributed by atoms with E-state index in [0.29, 0.717) is 0 Å². The molecule has 1 aromatic rings. The molecule has 84 valence electrons. The van der Waals surface area contributed by atoms with Crippen molar-refractivity contribution in [2.45, 2.75) is 19.0 Å². The molecule has 1 rings (SSSR count). The number of carboxylic acids is 1. The Morgan fingerprint density at radius 2 is 2.20 bits per heavy atom. The van der Waals surface area contributed by atoms with Crippen LogP contribution in [0.15, 0.2) is 22.8 Å². The van der Waals surface area contributed by atoms with Crippen LogP contribution in [-0.2, 0) is 11.2 Å². The van der Waals surface area contributed by atoms with Gasteiger partial charge in [-0.3, -0.25) is 4.79 Å². The number of hydrogen-bond acceptors (Lipinski definition) is 2. The molecule has 0 bridgehead atoms. The summed E-state index contributed by atoms with van der Waals surface area (Å²) in [5.41, 5.74) is 0. The van der Waals surface area contributed by atoms with E-state index in [4.69, 9.17) is 9.52 Å². The predicted molar refractivity (Wildman–Crippen MR) is 44.2 cm³/mol. The zero-order valence-electron chi connectivity index (χ0n) is 7.62. The maximum Gasteiger partial charge on any atom is 0.392 e. The molecule has 0 saturated carbocycles. The monoisotopic (exact) mass is 222 g/mol. The second-order valence-electron chi connectivity index (χ2n) is 3.12. The van der Waals surface area contributed by atoms with Gasteiger partial charge in [0.25, 0.3) is 0 Å². The minimum Gasteiger partial charge on any atom is -0.481 e. The molecule has 0 radical (unpaired) electrons. The van der Waals surface area contributed by atoms with Gasteiger partial charge < -0.3 is 9.52 Å². The number of carboxylic acid groups (broad SMARTS) is 1. The van der Waals surface area contributed by atoms with Crippen molar-refractivity contribution < 1.29 is 27.5 Å². The summed E-state index contributed by atoms with van der Waals surface area (Å²) in [6, 6.07) is 2.85. The van der Waals surface area contributed by atoms with Crippen molar-refractivity contribution in [3.05, 3.63) is 24.2 Å². The molecule has 0 aliphatic heterocycles. The highest BCUT2D eigenvalue weighted by atomic mass is 19.4. The third-order valence-electron chi connectivity index (χ3n) is 1.91. The summed E-state index contributed by atoms with van der Waals surface area (Å²) < 4.78 is 41.8. The standard InChI is InChI=1S/C9H9F3O3/c10-9(11,12)6(5-8(13)14)4-7-2-1-3-15-7/h1-3,6H,4-5H2,(H,13,14). The average molecular weight is 222 g/mol. The summed E-state index contributed by atoms with van der Waals surface area (Å²) in [5, 5.41) is 8.35. The lowest BCUT2D eigenvalue weighted by Crippen LogP contribution is -2.27. The molecule has 1 aromatic heterocycles. The largest absolute Gasteiger partial charge is 0.481 e. The number of furan rings is 1. The molecule has 0 aromatic carbocycles. The van der Waals surface area contributed by atoms with E-state index in [2.05, 4.69) is 0 Å². The molecule has 1 heterocycles. The SMILES string of the molecule is O=C(O)CC(Cc1ccco1)C(F)(F)F. The van der Waals surface area contributed by atoms with Gasteiger partial charge >= 0.3 is 12.1 Å². The van der Waals surface area contributed by atoms with E-state index >= 15 is 0 Å². The van der Waals surface area contributed by atoms with E-state index in [0.717, 1.165) is 0 Å². The summed E-state index contributed by atoms with van der Waals surface area (Å²) in [5.74, 6) is -3.23. The van der Waals surface area contributed by atoms with Crippen molar-refractivity contribution in [1.82, 2.24) is 0 Å². The Bertz CT molecular complexity index is 316. The van der Waals surface area contributed by atoms with Crippen LogP contribution in [0.25, 0.3) is 0 Å². The molecular formula is C9H9F3O3. The lowest BCUT2D eigenvalue weighted by atomic mass is 9.99. The topological polar surface area (TPSA) is 50.4 Å². The minimum absolute atomic E-state index is 0.138. The molecule has 0 saturated heterocycles. The predicted octanol–water partition coefficient (Wildman–Crippen LogP) is 2.48. The first-order valence-electron chi connectivity index (χ1n) is 4.20. The van der Waals surface area contributed by atoms with Gasteiger partial charge in [-0.05, 0) is 12.1 Å². The lowest BCUT2D eigenvalue weighted by molar-refractivity contribution is -0.183. The lowest BCUT2D eigenvalue weighted by Gasteiger charge is -2.16. The number of rotatable bonds is 4. The van der Waals surface area contributed by atoms with Crippen molar-refractivity contribution in [3.63, 3.8) is 0 Å². The number of hydrogen-bond donors (Lipinski definition) is 1. The average Bonchev–Trinajstić information content (AvgIpc) is 2.53. The summed E-state index contributed by atoms with van der Waals surface area (Å²) in [6.07, 6.45) is -4.65. The Hall–Kier alpha value is -1.46. The second-order valence-corrected chi connectivity index (χ2v) is 3.12. The van der Waals surface area contributed by atoms with Gasteiger partial charge in [-0.2, -0.15) is 13.2 Å². The molecule has 15 heavy (non-hydrogen) atoms. The Balaban J connectivity index is 2.69. The van der Waals surface area contributed by atoms with Crippen LogP contribution in [0.2, 0.25) is 0 Å². The maximum absolute atomic E-state index is 12.4. The van der Waals surface area contributed by atoms with Gasteiger partial charge in [-0.15, -0.1) is 0 Å². The van der Waals surface area contributed by atoms with E-state index in [1.54, 1.807) is 0 Å². The van der Waals surface area contributed by atoms with Crippen LogP contribution < -0.4 is 0 Å². The van der Waals surface area contributed by atoms with Gasteiger partial charge in [-0.1, -0.05) is 0 Å². The summed E-state index contributed by atoms with van der Waals surface area (Å²) in [4.78, 5) is 10.3. The molecule has 1 N–H and O–H groups in total. The van der Waals surface area contributed by atoms with E-state index < -0.39 is 30.9 Å². The highest BCUT2D eigenvalue weighted by Crippen LogP contribution is 2.31. The van der Waals surface area contributed by atoms with Gasteiger partial charge in [0.1, 0.15) is 5.76 Å². The normalized spacial score (nSPS) is 13.8. The molecule has 0 fully saturated rings. The first kappa shape index (κ1) is 11.6. The zero-order chi connectivity index (χ0) is 11.5. The van der Waals surface area contributed by atoms with Crippen LogP contribution in [0, 0.1) is 5.92 Å². The number of alkyl halides is 3. The van der Waals surface area contributed by atoms with Crippen LogP contribution in [0.3, 0.4) is 0 Å². The molecule has 3 nitrogen and oxygen atoms in total. The van der Waals surface area contributed by atoms with Crippen LogP contribution in [0.1, 0.15) is 12.2 Å². The first-order chi connectivity index (χ1) is 6.89. The van der Waals surface area contributed by atoms with Crippen LogP contribution in [-0.4, -0.2) is 17.3 Å². The van der Waals surface area contributed by atoms with Crippen molar-refractivity contribution in [1.29, 1.82) is 0 Å². The van der Waals surface area contributed by atoms with Gasteiger partial charge in [0, 0.05) is 6.42 Å². The molecule has 0 spiro atoms. The number of aliphatic carboxylic acids is 1. The Labute approximate surface area is 83.5 Å². The third-order valence-corrected chi connectivity index (χ3v) is 1.91. The van der Waals surface area contributed by atoms with E-state index in [-0.39, 0.29) is 5.76 Å². The fourth-order valence-electron chi connectivity index (χ4n) is 1.19. The summed E-state index contributed by atoms with van der Waals surface area (Å²) in [7, 11) is 0. The molecule has 1 unspecified atom stereocenters. The van der Waals surface area contributed by atoms with Gasteiger partial charge in [0.2, 0.25) is 0 Å². The van der Waals surface area contributed by atoms with E-state index in [1.165, 1.54) is 18.4 Å². The fraction of sp³-hybridized carbons (Fsp3) is 0.444. The smallest absolute Gasteiger partial charge is 0.392 e. The Morgan fingerprint density at radius 3 is 2.60 bits per heavy atom. The van der Waals surface area contributed by atoms with E-state index in [9.17, 15) is 18.0 Å². The zero-order valence-corrected chi connectivity index (χ0v) is 7.62. The molecule has 1 atom stereocenters. The van der Waals surface area contributed by atoms with Crippen molar-refractivity contribution in [2.75, 3.05) is 0 Å². The minimum atomic E-state index is -4.52. The molecule has 0 aliphatic rings. The highest BCUT2D eigenvalue weighted by molar-refractivity contribution is 5.67. The number of halogens is 3. The van der Waals surface area contributed by atoms with Crippen molar-refractivity contribution in [3.8, 4) is 0 Å². The van der Waals surface area contributed by atoms with Crippen LogP contribution in [0.5, 0.6) is 0 Å². The molecular weight excluding hydrogens is 213 g/mol. The second kappa shape index (κ2) is 4.37. The van der Waals surface area contributed by atoms with Crippen LogP contribution >= 0.6 is 0 Å². The summed E-state index contributed by atoms with van der Waals surface area (Å²) >= 11 is 0. The first-order valence-corrected chi connectivity index (χ1v) is 4.20. The third kappa shape index (κ3) is 3.65. The van der Waals surface area contributed by atoms with Gasteiger partial charge in [0.15, 0.2) is 0 Å². The Morgan fingerprint density at radius 1 is 1.53 bits per heavy atom. The molecule has 6 heteroatoms. The fourth-order valence-corrected chi connectivity index (χ4v) is 1.19. The molecule has 0 aliphatic carbocycles. The quantitative estimate of drug-likeness (QED) is 0.851. The van der Waals surface area contributed by atoms with Crippen molar-refractivity contribution >= 4 is 5.97 Å². The number of carbonyl (C=O) groups is 1. The van der Waals surface area contributed by atoms with Crippen LogP contribution in [0.4, 0.5) is 13.2 Å². The highest BCUT2D eigenvalue weighted by Gasteiger charge is 2.41. The Kier molecular flexibility index (Phi) is 3.39. The molecule has 0 amide bonds. The van der Waals surface area contributed by atoms with Gasteiger partial charge in [-0.25, -0.2) is 0 Å².